The SMILES string of the molecule is COc1ccccc1-c1nc2sc(=Cc3cccc(Br)c3)c(=O)n2n1. The molecule has 0 aliphatic carbocycles. The first-order valence-corrected chi connectivity index (χ1v) is 9.07. The van der Waals surface area contributed by atoms with Crippen molar-refractivity contribution in [3.05, 3.63) is 73.5 Å². The lowest BCUT2D eigenvalue weighted by molar-refractivity contribution is 0.416. The Bertz CT molecular complexity index is 1180. The summed E-state index contributed by atoms with van der Waals surface area (Å²) in [6, 6.07) is 15.2. The minimum Gasteiger partial charge on any atom is -0.496 e. The molecule has 0 N–H and O–H groups in total. The molecule has 0 fully saturated rings. The Morgan fingerprint density at radius 1 is 1.20 bits per heavy atom. The molecule has 0 spiro atoms. The molecular formula is C18H12BrN3O2S. The summed E-state index contributed by atoms with van der Waals surface area (Å²) in [6.45, 7) is 0. The summed E-state index contributed by atoms with van der Waals surface area (Å²) in [5, 5.41) is 4.37. The van der Waals surface area contributed by atoms with Gasteiger partial charge < -0.3 is 4.74 Å². The van der Waals surface area contributed by atoms with Crippen molar-refractivity contribution in [2.45, 2.75) is 0 Å². The van der Waals surface area contributed by atoms with Crippen molar-refractivity contribution in [3.8, 4) is 17.1 Å². The van der Waals surface area contributed by atoms with Crippen LogP contribution < -0.4 is 14.8 Å². The molecule has 0 radical (unpaired) electrons. The maximum atomic E-state index is 12.6. The number of halogens is 1. The Balaban J connectivity index is 1.84. The fourth-order valence-corrected chi connectivity index (χ4v) is 3.85. The number of para-hydroxylation sites is 1. The molecule has 2 heterocycles. The zero-order valence-corrected chi connectivity index (χ0v) is 15.5. The quantitative estimate of drug-likeness (QED) is 0.517. The second kappa shape index (κ2) is 6.42. The molecule has 25 heavy (non-hydrogen) atoms. The van der Waals surface area contributed by atoms with Gasteiger partial charge in [0.2, 0.25) is 4.96 Å². The highest BCUT2D eigenvalue weighted by Gasteiger charge is 2.14. The van der Waals surface area contributed by atoms with Gasteiger partial charge in [0, 0.05) is 4.47 Å². The minimum absolute atomic E-state index is 0.173. The zero-order chi connectivity index (χ0) is 17.4. The van der Waals surface area contributed by atoms with Gasteiger partial charge in [-0.25, -0.2) is 0 Å². The Kier molecular flexibility index (Phi) is 4.10. The van der Waals surface area contributed by atoms with Crippen molar-refractivity contribution in [2.75, 3.05) is 7.11 Å². The number of benzene rings is 2. The Morgan fingerprint density at radius 2 is 2.04 bits per heavy atom. The summed E-state index contributed by atoms with van der Waals surface area (Å²) in [4.78, 5) is 17.7. The first-order chi connectivity index (χ1) is 12.2. The van der Waals surface area contributed by atoms with Crippen LogP contribution in [0.4, 0.5) is 0 Å². The molecule has 0 aliphatic heterocycles. The van der Waals surface area contributed by atoms with Crippen molar-refractivity contribution >= 4 is 38.3 Å². The fraction of sp³-hybridized carbons (Fsp3) is 0.0556. The van der Waals surface area contributed by atoms with Crippen molar-refractivity contribution in [3.63, 3.8) is 0 Å². The first-order valence-electron chi connectivity index (χ1n) is 7.46. The van der Waals surface area contributed by atoms with Gasteiger partial charge in [-0.15, -0.1) is 5.10 Å². The first kappa shape index (κ1) is 16.0. The van der Waals surface area contributed by atoms with E-state index in [2.05, 4.69) is 26.0 Å². The van der Waals surface area contributed by atoms with Crippen molar-refractivity contribution in [2.24, 2.45) is 0 Å². The standard InChI is InChI=1S/C18H12BrN3O2S/c1-24-14-8-3-2-7-13(14)16-20-18-22(21-16)17(23)15(25-18)10-11-5-4-6-12(19)9-11/h2-10H,1H3. The van der Waals surface area contributed by atoms with E-state index in [1.807, 2.05) is 54.6 Å². The van der Waals surface area contributed by atoms with Gasteiger partial charge in [0.1, 0.15) is 5.75 Å². The highest BCUT2D eigenvalue weighted by atomic mass is 79.9. The Hall–Kier alpha value is -2.51. The molecule has 2 aromatic heterocycles. The van der Waals surface area contributed by atoms with E-state index >= 15 is 0 Å². The second-order valence-electron chi connectivity index (χ2n) is 5.30. The molecule has 7 heteroatoms. The van der Waals surface area contributed by atoms with Crippen LogP contribution >= 0.6 is 27.3 Å². The lowest BCUT2D eigenvalue weighted by Crippen LogP contribution is -2.23. The van der Waals surface area contributed by atoms with Gasteiger partial charge >= 0.3 is 0 Å². The number of fused-ring (bicyclic) bond motifs is 1. The molecule has 4 aromatic rings. The van der Waals surface area contributed by atoms with E-state index in [0.717, 1.165) is 15.6 Å². The molecular weight excluding hydrogens is 402 g/mol. The Labute approximate surface area is 155 Å². The number of nitrogens with zero attached hydrogens (tertiary/aromatic N) is 3. The lowest BCUT2D eigenvalue weighted by Gasteiger charge is -2.03. The van der Waals surface area contributed by atoms with Gasteiger partial charge in [-0.1, -0.05) is 51.5 Å². The number of rotatable bonds is 3. The average Bonchev–Trinajstić information content (AvgIpc) is 3.15. The van der Waals surface area contributed by atoms with Gasteiger partial charge in [0.15, 0.2) is 5.82 Å². The summed E-state index contributed by atoms with van der Waals surface area (Å²) >= 11 is 4.75. The number of ether oxygens (including phenoxy) is 1. The maximum Gasteiger partial charge on any atom is 0.291 e. The van der Waals surface area contributed by atoms with Crippen molar-refractivity contribution < 1.29 is 4.74 Å². The van der Waals surface area contributed by atoms with E-state index < -0.39 is 0 Å². The molecule has 5 nitrogen and oxygen atoms in total. The Morgan fingerprint density at radius 3 is 2.80 bits per heavy atom. The topological polar surface area (TPSA) is 56.5 Å². The molecule has 2 aromatic carbocycles. The van der Waals surface area contributed by atoms with E-state index in [9.17, 15) is 4.79 Å². The smallest absolute Gasteiger partial charge is 0.291 e. The molecule has 0 unspecified atom stereocenters. The molecule has 0 saturated heterocycles. The second-order valence-corrected chi connectivity index (χ2v) is 7.23. The van der Waals surface area contributed by atoms with Crippen LogP contribution in [0.2, 0.25) is 0 Å². The third-order valence-electron chi connectivity index (χ3n) is 3.68. The largest absolute Gasteiger partial charge is 0.496 e. The molecule has 124 valence electrons. The highest BCUT2D eigenvalue weighted by molar-refractivity contribution is 9.10. The van der Waals surface area contributed by atoms with Gasteiger partial charge in [-0.3, -0.25) is 4.79 Å². The summed E-state index contributed by atoms with van der Waals surface area (Å²) < 4.78 is 8.25. The van der Waals surface area contributed by atoms with Crippen molar-refractivity contribution in [1.29, 1.82) is 0 Å². The zero-order valence-electron chi connectivity index (χ0n) is 13.1. The van der Waals surface area contributed by atoms with E-state index in [0.29, 0.717) is 21.1 Å². The predicted octanol–water partition coefficient (Wildman–Crippen LogP) is 3.14. The van der Waals surface area contributed by atoms with Crippen LogP contribution in [0.15, 0.2) is 57.8 Å². The summed E-state index contributed by atoms with van der Waals surface area (Å²) in [6.07, 6.45) is 1.84. The third kappa shape index (κ3) is 2.96. The van der Waals surface area contributed by atoms with Gasteiger partial charge in [-0.05, 0) is 35.9 Å². The molecule has 0 atom stereocenters. The monoisotopic (exact) mass is 413 g/mol. The minimum atomic E-state index is -0.173. The molecule has 0 amide bonds. The number of methoxy groups -OCH3 is 1. The van der Waals surface area contributed by atoms with Crippen molar-refractivity contribution in [1.82, 2.24) is 14.6 Å². The summed E-state index contributed by atoms with van der Waals surface area (Å²) in [5.41, 5.74) is 1.53. The summed E-state index contributed by atoms with van der Waals surface area (Å²) in [5.74, 6) is 1.16. The van der Waals surface area contributed by atoms with Gasteiger partial charge in [0.25, 0.3) is 5.56 Å². The number of hydrogen-bond donors (Lipinski definition) is 0. The number of aromatic nitrogens is 3. The fourth-order valence-electron chi connectivity index (χ4n) is 2.52. The van der Waals surface area contributed by atoms with Crippen LogP contribution in [0, 0.1) is 0 Å². The lowest BCUT2D eigenvalue weighted by atomic mass is 10.2. The highest BCUT2D eigenvalue weighted by Crippen LogP contribution is 2.27. The predicted molar refractivity (Wildman–Crippen MR) is 102 cm³/mol. The van der Waals surface area contributed by atoms with Crippen LogP contribution in [0.1, 0.15) is 5.56 Å². The van der Waals surface area contributed by atoms with E-state index in [1.54, 1.807) is 7.11 Å². The number of thiazole rings is 1. The average molecular weight is 414 g/mol. The third-order valence-corrected chi connectivity index (χ3v) is 5.13. The van der Waals surface area contributed by atoms with Gasteiger partial charge in [0.05, 0.1) is 17.2 Å². The molecule has 0 saturated carbocycles. The number of hydrogen-bond acceptors (Lipinski definition) is 5. The van der Waals surface area contributed by atoms with Crippen LogP contribution in [-0.4, -0.2) is 21.7 Å². The molecule has 0 aliphatic rings. The van der Waals surface area contributed by atoms with E-state index in [4.69, 9.17) is 4.74 Å². The van der Waals surface area contributed by atoms with E-state index in [1.165, 1.54) is 15.9 Å². The van der Waals surface area contributed by atoms with Gasteiger partial charge in [-0.2, -0.15) is 9.50 Å². The van der Waals surface area contributed by atoms with Crippen LogP contribution in [0.5, 0.6) is 5.75 Å². The normalized spacial score (nSPS) is 12.0. The molecule has 0 bridgehead atoms. The van der Waals surface area contributed by atoms with Crippen LogP contribution in [-0.2, 0) is 0 Å². The van der Waals surface area contributed by atoms with Crippen LogP contribution in [0.25, 0.3) is 22.4 Å². The maximum absolute atomic E-state index is 12.6. The summed E-state index contributed by atoms with van der Waals surface area (Å²) in [7, 11) is 1.60. The van der Waals surface area contributed by atoms with E-state index in [-0.39, 0.29) is 5.56 Å². The van der Waals surface area contributed by atoms with Crippen LogP contribution in [0.3, 0.4) is 0 Å². The molecule has 4 rings (SSSR count).